The van der Waals surface area contributed by atoms with Gasteiger partial charge in [0.1, 0.15) is 0 Å². The highest BCUT2D eigenvalue weighted by molar-refractivity contribution is 5.63. The summed E-state index contributed by atoms with van der Waals surface area (Å²) < 4.78 is 0. The van der Waals surface area contributed by atoms with Crippen LogP contribution in [0.25, 0.3) is 0 Å². The van der Waals surface area contributed by atoms with Crippen molar-refractivity contribution >= 4 is 5.97 Å². The molecule has 0 spiro atoms. The molecular formula is C14H31NO2. The van der Waals surface area contributed by atoms with Crippen LogP contribution in [0.1, 0.15) is 72.1 Å². The number of unbranched alkanes of at least 4 members (excludes halogenated alkanes) is 4. The third-order valence-corrected chi connectivity index (χ3v) is 2.47. The molecule has 0 aromatic rings. The molecule has 0 aromatic carbocycles. The minimum Gasteiger partial charge on any atom is -0.550 e. The third kappa shape index (κ3) is 25.6. The molecule has 0 unspecified atom stereocenters. The number of quaternary nitrogens is 1. The molecule has 0 aromatic heterocycles. The monoisotopic (exact) mass is 245 g/mol. The van der Waals surface area contributed by atoms with E-state index < -0.39 is 5.97 Å². The molecule has 0 radical (unpaired) electrons. The summed E-state index contributed by atoms with van der Waals surface area (Å²) in [4.78, 5) is 9.92. The predicted octanol–water partition coefficient (Wildman–Crippen LogP) is 1.47. The Kier molecular flexibility index (Phi) is 19.7. The number of hydrogen-bond donors (Lipinski definition) is 1. The summed E-state index contributed by atoms with van der Waals surface area (Å²) in [7, 11) is 0. The van der Waals surface area contributed by atoms with E-state index in [1.807, 2.05) is 0 Å². The molecule has 0 atom stereocenters. The lowest BCUT2D eigenvalue weighted by Gasteiger charge is -2.00. The van der Waals surface area contributed by atoms with Crippen molar-refractivity contribution in [3.63, 3.8) is 0 Å². The number of carboxylic acids is 1. The van der Waals surface area contributed by atoms with Crippen molar-refractivity contribution in [1.82, 2.24) is 0 Å². The lowest BCUT2D eigenvalue weighted by atomic mass is 10.1. The molecule has 2 N–H and O–H groups in total. The van der Waals surface area contributed by atoms with Gasteiger partial charge in [0.15, 0.2) is 0 Å². The highest BCUT2D eigenvalue weighted by atomic mass is 16.4. The topological polar surface area (TPSA) is 56.7 Å². The van der Waals surface area contributed by atoms with Crippen LogP contribution >= 0.6 is 0 Å². The van der Waals surface area contributed by atoms with Gasteiger partial charge < -0.3 is 15.2 Å². The van der Waals surface area contributed by atoms with Crippen molar-refractivity contribution in [2.45, 2.75) is 72.1 Å². The molecule has 0 saturated heterocycles. The zero-order valence-corrected chi connectivity index (χ0v) is 12.0. The Bertz CT molecular complexity index is 145. The Morgan fingerprint density at radius 3 is 1.82 bits per heavy atom. The Balaban J connectivity index is 0. The standard InChI is InChI=1S/C8H16O2.C6H15N/c1-2-3-4-5-6-7-8(9)10;1-3-5-7-6-4-2/h2-7H2,1H3,(H,9,10);7H,3-6H2,1-2H3. The van der Waals surface area contributed by atoms with Gasteiger partial charge in [0, 0.05) is 5.97 Å². The highest BCUT2D eigenvalue weighted by Gasteiger charge is 1.88. The van der Waals surface area contributed by atoms with Gasteiger partial charge >= 0.3 is 0 Å². The molecule has 3 heteroatoms. The second-order valence-electron chi connectivity index (χ2n) is 4.40. The van der Waals surface area contributed by atoms with E-state index in [4.69, 9.17) is 0 Å². The fourth-order valence-corrected chi connectivity index (χ4v) is 1.43. The van der Waals surface area contributed by atoms with Crippen LogP contribution in [0, 0.1) is 0 Å². The number of rotatable bonds is 10. The minimum absolute atomic E-state index is 0.226. The van der Waals surface area contributed by atoms with Gasteiger partial charge in [-0.1, -0.05) is 46.5 Å². The maximum absolute atomic E-state index is 9.92. The molecule has 0 aliphatic rings. The Morgan fingerprint density at radius 1 is 0.882 bits per heavy atom. The fraction of sp³-hybridized carbons (Fsp3) is 0.929. The lowest BCUT2D eigenvalue weighted by Crippen LogP contribution is -2.84. The van der Waals surface area contributed by atoms with Gasteiger partial charge in [-0.2, -0.15) is 0 Å². The van der Waals surface area contributed by atoms with E-state index in [9.17, 15) is 9.90 Å². The van der Waals surface area contributed by atoms with Gasteiger partial charge in [-0.3, -0.25) is 0 Å². The van der Waals surface area contributed by atoms with Crippen LogP contribution in [-0.4, -0.2) is 19.1 Å². The lowest BCUT2D eigenvalue weighted by molar-refractivity contribution is -0.654. The second-order valence-corrected chi connectivity index (χ2v) is 4.40. The summed E-state index contributed by atoms with van der Waals surface area (Å²) in [6.07, 6.45) is 8.22. The van der Waals surface area contributed by atoms with E-state index >= 15 is 0 Å². The number of carbonyl (C=O) groups is 1. The molecule has 0 bridgehead atoms. The summed E-state index contributed by atoms with van der Waals surface area (Å²) in [5.41, 5.74) is 0. The first kappa shape index (κ1) is 18.8. The largest absolute Gasteiger partial charge is 0.550 e. The fourth-order valence-electron chi connectivity index (χ4n) is 1.43. The van der Waals surface area contributed by atoms with Gasteiger partial charge in [0.25, 0.3) is 0 Å². The predicted molar refractivity (Wildman–Crippen MR) is 70.6 cm³/mol. The maximum Gasteiger partial charge on any atom is 0.0752 e. The van der Waals surface area contributed by atoms with Crippen LogP contribution < -0.4 is 10.4 Å². The Labute approximate surface area is 107 Å². The van der Waals surface area contributed by atoms with Crippen molar-refractivity contribution in [3.8, 4) is 0 Å². The van der Waals surface area contributed by atoms with E-state index in [1.165, 1.54) is 38.8 Å². The SMILES string of the molecule is CCCCCCCC(=O)[O-].CCC[NH2+]CCC. The minimum atomic E-state index is -0.920. The smallest absolute Gasteiger partial charge is 0.0752 e. The Hall–Kier alpha value is -0.570. The zero-order valence-electron chi connectivity index (χ0n) is 12.0. The van der Waals surface area contributed by atoms with Gasteiger partial charge in [-0.05, 0) is 25.7 Å². The molecule has 0 aliphatic carbocycles. The van der Waals surface area contributed by atoms with Crippen molar-refractivity contribution in [3.05, 3.63) is 0 Å². The quantitative estimate of drug-likeness (QED) is 0.593. The second kappa shape index (κ2) is 17.8. The van der Waals surface area contributed by atoms with Gasteiger partial charge in [-0.25, -0.2) is 0 Å². The summed E-state index contributed by atoms with van der Waals surface area (Å²) in [6, 6.07) is 0. The van der Waals surface area contributed by atoms with Gasteiger partial charge in [0.05, 0.1) is 13.1 Å². The first-order valence-electron chi connectivity index (χ1n) is 7.20. The first-order valence-corrected chi connectivity index (χ1v) is 7.20. The average Bonchev–Trinajstić information content (AvgIpc) is 2.30. The number of carbonyl (C=O) groups excluding carboxylic acids is 1. The van der Waals surface area contributed by atoms with E-state index in [-0.39, 0.29) is 6.42 Å². The molecule has 0 fully saturated rings. The summed E-state index contributed by atoms with van der Waals surface area (Å²) in [6.45, 7) is 9.17. The van der Waals surface area contributed by atoms with Crippen molar-refractivity contribution in [1.29, 1.82) is 0 Å². The van der Waals surface area contributed by atoms with Gasteiger partial charge in [0.2, 0.25) is 0 Å². The molecule has 104 valence electrons. The van der Waals surface area contributed by atoms with Crippen LogP contribution in [0.3, 0.4) is 0 Å². The molecule has 0 amide bonds. The van der Waals surface area contributed by atoms with Crippen LogP contribution in [-0.2, 0) is 4.79 Å². The molecule has 0 rings (SSSR count). The van der Waals surface area contributed by atoms with Crippen LogP contribution in [0.4, 0.5) is 0 Å². The van der Waals surface area contributed by atoms with E-state index in [1.54, 1.807) is 0 Å². The number of nitrogens with two attached hydrogens (primary N) is 1. The Morgan fingerprint density at radius 2 is 1.41 bits per heavy atom. The third-order valence-electron chi connectivity index (χ3n) is 2.47. The van der Waals surface area contributed by atoms with Crippen molar-refractivity contribution in [2.75, 3.05) is 13.1 Å². The summed E-state index contributed by atoms with van der Waals surface area (Å²) >= 11 is 0. The highest BCUT2D eigenvalue weighted by Crippen LogP contribution is 2.03. The summed E-state index contributed by atoms with van der Waals surface area (Å²) in [5, 5.41) is 12.3. The van der Waals surface area contributed by atoms with E-state index in [2.05, 4.69) is 26.1 Å². The number of aliphatic carboxylic acids is 1. The molecule has 0 saturated carbocycles. The van der Waals surface area contributed by atoms with Crippen molar-refractivity contribution in [2.24, 2.45) is 0 Å². The van der Waals surface area contributed by atoms with Gasteiger partial charge in [-0.15, -0.1) is 0 Å². The first-order chi connectivity index (χ1) is 8.18. The maximum atomic E-state index is 9.92. The molecule has 0 aliphatic heterocycles. The van der Waals surface area contributed by atoms with Crippen LogP contribution in [0.15, 0.2) is 0 Å². The molecule has 0 heterocycles. The molecule has 3 nitrogen and oxygen atoms in total. The average molecular weight is 245 g/mol. The number of hydrogen-bond acceptors (Lipinski definition) is 2. The zero-order chi connectivity index (χ0) is 13.4. The molecular weight excluding hydrogens is 214 g/mol. The normalized spacial score (nSPS) is 9.59. The van der Waals surface area contributed by atoms with Crippen LogP contribution in [0.2, 0.25) is 0 Å². The number of carboxylic acid groups (broad SMARTS) is 1. The molecule has 17 heavy (non-hydrogen) atoms. The van der Waals surface area contributed by atoms with Crippen molar-refractivity contribution < 1.29 is 15.2 Å². The van der Waals surface area contributed by atoms with E-state index in [0.717, 1.165) is 19.3 Å². The summed E-state index contributed by atoms with van der Waals surface area (Å²) in [5.74, 6) is -0.920. The van der Waals surface area contributed by atoms with Crippen LogP contribution in [0.5, 0.6) is 0 Å². The van der Waals surface area contributed by atoms with E-state index in [0.29, 0.717) is 0 Å².